The number of aromatic nitrogens is 1. The van der Waals surface area contributed by atoms with E-state index in [0.29, 0.717) is 11.3 Å². The summed E-state index contributed by atoms with van der Waals surface area (Å²) in [6, 6.07) is 9.07. The Labute approximate surface area is 99.1 Å². The Balaban J connectivity index is 2.51. The van der Waals surface area contributed by atoms with Crippen LogP contribution in [0, 0.1) is 0 Å². The van der Waals surface area contributed by atoms with Crippen LogP contribution in [0.3, 0.4) is 0 Å². The minimum absolute atomic E-state index is 0.398. The van der Waals surface area contributed by atoms with E-state index in [1.165, 1.54) is 13.3 Å². The van der Waals surface area contributed by atoms with Crippen molar-refractivity contribution >= 4 is 11.7 Å². The number of benzene rings is 1. The molecule has 0 radical (unpaired) electrons. The number of nitrogens with zero attached hydrogens (tertiary/aromatic N) is 1. The van der Waals surface area contributed by atoms with Crippen LogP contribution in [0.4, 0.5) is 5.69 Å². The van der Waals surface area contributed by atoms with Crippen LogP contribution in [0.2, 0.25) is 0 Å². The monoisotopic (exact) mass is 228 g/mol. The molecule has 0 unspecified atom stereocenters. The van der Waals surface area contributed by atoms with E-state index < -0.39 is 5.97 Å². The molecule has 0 aliphatic heterocycles. The third-order valence-corrected chi connectivity index (χ3v) is 2.45. The van der Waals surface area contributed by atoms with Crippen molar-refractivity contribution in [2.75, 3.05) is 12.8 Å². The van der Waals surface area contributed by atoms with Crippen LogP contribution in [-0.4, -0.2) is 18.1 Å². The zero-order valence-electron chi connectivity index (χ0n) is 9.38. The number of carbonyl (C=O) groups excluding carboxylic acids is 1. The van der Waals surface area contributed by atoms with Crippen LogP contribution in [0.5, 0.6) is 0 Å². The molecule has 1 heterocycles. The molecule has 0 amide bonds. The van der Waals surface area contributed by atoms with Gasteiger partial charge in [-0.25, -0.2) is 4.79 Å². The van der Waals surface area contributed by atoms with Crippen LogP contribution >= 0.6 is 0 Å². The molecule has 1 aromatic heterocycles. The summed E-state index contributed by atoms with van der Waals surface area (Å²) in [6.07, 6.45) is 3.13. The number of anilines is 1. The number of ether oxygens (including phenoxy) is 1. The smallest absolute Gasteiger partial charge is 0.340 e. The molecule has 0 bridgehead atoms. The summed E-state index contributed by atoms with van der Waals surface area (Å²) in [6.45, 7) is 0. The Morgan fingerprint density at radius 3 is 2.59 bits per heavy atom. The lowest BCUT2D eigenvalue weighted by Gasteiger charge is -2.07. The first-order valence-electron chi connectivity index (χ1n) is 5.10. The van der Waals surface area contributed by atoms with Gasteiger partial charge < -0.3 is 10.5 Å². The molecular formula is C13H12N2O2. The van der Waals surface area contributed by atoms with E-state index in [0.717, 1.165) is 11.1 Å². The number of pyridine rings is 1. The number of carbonyl (C=O) groups is 1. The second kappa shape index (κ2) is 4.65. The number of hydrogen-bond acceptors (Lipinski definition) is 4. The molecule has 4 heteroatoms. The van der Waals surface area contributed by atoms with Crippen molar-refractivity contribution in [2.24, 2.45) is 0 Å². The van der Waals surface area contributed by atoms with E-state index in [1.54, 1.807) is 24.4 Å². The largest absolute Gasteiger partial charge is 0.465 e. The van der Waals surface area contributed by atoms with Crippen LogP contribution in [-0.2, 0) is 4.74 Å². The van der Waals surface area contributed by atoms with Crippen molar-refractivity contribution in [1.29, 1.82) is 0 Å². The fraction of sp³-hybridized carbons (Fsp3) is 0.0769. The van der Waals surface area contributed by atoms with Crippen molar-refractivity contribution in [3.8, 4) is 11.1 Å². The molecule has 86 valence electrons. The lowest BCUT2D eigenvalue weighted by Crippen LogP contribution is -2.04. The maximum Gasteiger partial charge on any atom is 0.340 e. The molecule has 0 aliphatic rings. The quantitative estimate of drug-likeness (QED) is 0.631. The van der Waals surface area contributed by atoms with E-state index >= 15 is 0 Å². The summed E-state index contributed by atoms with van der Waals surface area (Å²) in [4.78, 5) is 15.5. The molecule has 2 rings (SSSR count). The molecule has 2 aromatic rings. The lowest BCUT2D eigenvalue weighted by molar-refractivity contribution is 0.0601. The van der Waals surface area contributed by atoms with Crippen molar-refractivity contribution in [3.05, 3.63) is 48.3 Å². The molecule has 0 spiro atoms. The topological polar surface area (TPSA) is 65.2 Å². The summed E-state index contributed by atoms with van der Waals surface area (Å²) < 4.78 is 4.72. The highest BCUT2D eigenvalue weighted by Crippen LogP contribution is 2.24. The van der Waals surface area contributed by atoms with Gasteiger partial charge >= 0.3 is 5.97 Å². The highest BCUT2D eigenvalue weighted by molar-refractivity contribution is 5.96. The number of nitrogens with two attached hydrogens (primary N) is 1. The van der Waals surface area contributed by atoms with Crippen LogP contribution in [0.25, 0.3) is 11.1 Å². The second-order valence-electron chi connectivity index (χ2n) is 3.53. The molecule has 0 atom stereocenters. The molecular weight excluding hydrogens is 216 g/mol. The van der Waals surface area contributed by atoms with Gasteiger partial charge in [0.1, 0.15) is 0 Å². The number of nitrogen functional groups attached to an aromatic ring is 1. The number of hydrogen-bond donors (Lipinski definition) is 1. The Morgan fingerprint density at radius 2 is 1.94 bits per heavy atom. The highest BCUT2D eigenvalue weighted by Gasteiger charge is 2.12. The lowest BCUT2D eigenvalue weighted by atomic mass is 10.0. The van der Waals surface area contributed by atoms with Gasteiger partial charge in [-0.15, -0.1) is 0 Å². The number of methoxy groups -OCH3 is 1. The van der Waals surface area contributed by atoms with Gasteiger partial charge in [0.25, 0.3) is 0 Å². The van der Waals surface area contributed by atoms with Crippen LogP contribution < -0.4 is 5.73 Å². The molecule has 0 fully saturated rings. The van der Waals surface area contributed by atoms with Gasteiger partial charge in [0.05, 0.1) is 12.7 Å². The Kier molecular flexibility index (Phi) is 3.05. The van der Waals surface area contributed by atoms with Crippen LogP contribution in [0.1, 0.15) is 10.4 Å². The maximum absolute atomic E-state index is 11.6. The van der Waals surface area contributed by atoms with Gasteiger partial charge in [-0.3, -0.25) is 4.98 Å². The van der Waals surface area contributed by atoms with Gasteiger partial charge in [0, 0.05) is 18.1 Å². The zero-order valence-corrected chi connectivity index (χ0v) is 9.38. The van der Waals surface area contributed by atoms with Crippen molar-refractivity contribution in [3.63, 3.8) is 0 Å². The first-order valence-corrected chi connectivity index (χ1v) is 5.10. The van der Waals surface area contributed by atoms with Crippen molar-refractivity contribution in [2.45, 2.75) is 0 Å². The Bertz CT molecular complexity index is 535. The molecule has 2 N–H and O–H groups in total. The molecule has 4 nitrogen and oxygen atoms in total. The van der Waals surface area contributed by atoms with Gasteiger partial charge in [0.15, 0.2) is 0 Å². The van der Waals surface area contributed by atoms with E-state index in [2.05, 4.69) is 4.98 Å². The SMILES string of the molecule is COC(=O)c1cnccc1-c1ccc(N)cc1. The predicted molar refractivity (Wildman–Crippen MR) is 65.4 cm³/mol. The molecule has 0 aliphatic carbocycles. The third kappa shape index (κ3) is 2.25. The van der Waals surface area contributed by atoms with E-state index in [1.807, 2.05) is 12.1 Å². The predicted octanol–water partition coefficient (Wildman–Crippen LogP) is 2.12. The molecule has 0 saturated carbocycles. The minimum atomic E-state index is -0.398. The van der Waals surface area contributed by atoms with E-state index in [-0.39, 0.29) is 0 Å². The van der Waals surface area contributed by atoms with Gasteiger partial charge in [-0.05, 0) is 29.3 Å². The normalized spacial score (nSPS) is 9.94. The first kappa shape index (κ1) is 11.1. The molecule has 1 aromatic carbocycles. The Morgan fingerprint density at radius 1 is 1.24 bits per heavy atom. The first-order chi connectivity index (χ1) is 8.22. The average molecular weight is 228 g/mol. The zero-order chi connectivity index (χ0) is 12.3. The third-order valence-electron chi connectivity index (χ3n) is 2.45. The van der Waals surface area contributed by atoms with Gasteiger partial charge in [-0.2, -0.15) is 0 Å². The van der Waals surface area contributed by atoms with Gasteiger partial charge in [-0.1, -0.05) is 12.1 Å². The standard InChI is InChI=1S/C13H12N2O2/c1-17-13(16)12-8-15-7-6-11(12)9-2-4-10(14)5-3-9/h2-8H,14H2,1H3. The summed E-state index contributed by atoms with van der Waals surface area (Å²) in [5.41, 5.74) is 8.44. The number of esters is 1. The van der Waals surface area contributed by atoms with Crippen LogP contribution in [0.15, 0.2) is 42.7 Å². The van der Waals surface area contributed by atoms with Crippen molar-refractivity contribution in [1.82, 2.24) is 4.98 Å². The van der Waals surface area contributed by atoms with Crippen molar-refractivity contribution < 1.29 is 9.53 Å². The number of rotatable bonds is 2. The average Bonchev–Trinajstić information content (AvgIpc) is 2.39. The fourth-order valence-electron chi connectivity index (χ4n) is 1.58. The summed E-state index contributed by atoms with van der Waals surface area (Å²) >= 11 is 0. The fourth-order valence-corrected chi connectivity index (χ4v) is 1.58. The second-order valence-corrected chi connectivity index (χ2v) is 3.53. The molecule has 17 heavy (non-hydrogen) atoms. The summed E-state index contributed by atoms with van der Waals surface area (Å²) in [5, 5.41) is 0. The summed E-state index contributed by atoms with van der Waals surface area (Å²) in [5.74, 6) is -0.398. The summed E-state index contributed by atoms with van der Waals surface area (Å²) in [7, 11) is 1.35. The minimum Gasteiger partial charge on any atom is -0.465 e. The van der Waals surface area contributed by atoms with E-state index in [4.69, 9.17) is 10.5 Å². The Hall–Kier alpha value is -2.36. The molecule has 0 saturated heterocycles. The van der Waals surface area contributed by atoms with Gasteiger partial charge in [0.2, 0.25) is 0 Å². The van der Waals surface area contributed by atoms with E-state index in [9.17, 15) is 4.79 Å². The maximum atomic E-state index is 11.6. The highest BCUT2D eigenvalue weighted by atomic mass is 16.5.